The number of hydrogen-bond donors (Lipinski definition) is 1. The van der Waals surface area contributed by atoms with Crippen LogP contribution in [0.1, 0.15) is 22.3 Å². The minimum atomic E-state index is -0.0221. The van der Waals surface area contributed by atoms with Gasteiger partial charge in [-0.05, 0) is 47.0 Å². The smallest absolute Gasteiger partial charge is 0.251 e. The van der Waals surface area contributed by atoms with Crippen molar-refractivity contribution < 1.29 is 4.79 Å². The Morgan fingerprint density at radius 3 is 2.92 bits per heavy atom. The van der Waals surface area contributed by atoms with Crippen LogP contribution in [-0.4, -0.2) is 57.2 Å². The predicted molar refractivity (Wildman–Crippen MR) is 90.4 cm³/mol. The molecule has 24 heavy (non-hydrogen) atoms. The van der Waals surface area contributed by atoms with E-state index in [4.69, 9.17) is 0 Å². The quantitative estimate of drug-likeness (QED) is 0.767. The van der Waals surface area contributed by atoms with Crippen LogP contribution in [0.5, 0.6) is 0 Å². The number of hydrogen-bond acceptors (Lipinski definition) is 5. The van der Waals surface area contributed by atoms with Crippen LogP contribution in [0.15, 0.2) is 43.2 Å². The maximum Gasteiger partial charge on any atom is 0.251 e. The first-order valence-corrected chi connectivity index (χ1v) is 8.16. The van der Waals surface area contributed by atoms with Crippen molar-refractivity contribution in [2.24, 2.45) is 5.92 Å². The van der Waals surface area contributed by atoms with Gasteiger partial charge in [-0.1, -0.05) is 18.2 Å². The lowest BCUT2D eigenvalue weighted by molar-refractivity contribution is 0.0947. The van der Waals surface area contributed by atoms with Gasteiger partial charge in [-0.3, -0.25) is 9.69 Å². The Morgan fingerprint density at radius 2 is 2.21 bits per heavy atom. The topological polar surface area (TPSA) is 75.9 Å². The number of nitrogens with one attached hydrogen (secondary N) is 1. The molecule has 3 rings (SSSR count). The molecular weight excluding hydrogens is 304 g/mol. The summed E-state index contributed by atoms with van der Waals surface area (Å²) in [7, 11) is 0. The second-order valence-electron chi connectivity index (χ2n) is 6.12. The Balaban J connectivity index is 1.47. The van der Waals surface area contributed by atoms with E-state index in [1.165, 1.54) is 0 Å². The Bertz CT molecular complexity index is 667. The van der Waals surface area contributed by atoms with E-state index < -0.39 is 0 Å². The van der Waals surface area contributed by atoms with Crippen LogP contribution in [-0.2, 0) is 6.54 Å². The molecule has 0 radical (unpaired) electrons. The first kappa shape index (κ1) is 16.3. The largest absolute Gasteiger partial charge is 0.352 e. The summed E-state index contributed by atoms with van der Waals surface area (Å²) in [6.07, 6.45) is 4.62. The van der Waals surface area contributed by atoms with Crippen LogP contribution in [0.4, 0.5) is 0 Å². The second-order valence-corrected chi connectivity index (χ2v) is 6.12. The van der Waals surface area contributed by atoms with Crippen LogP contribution in [0.3, 0.4) is 0 Å². The van der Waals surface area contributed by atoms with Crippen LogP contribution >= 0.6 is 0 Å². The van der Waals surface area contributed by atoms with Crippen molar-refractivity contribution in [3.8, 4) is 0 Å². The third kappa shape index (κ3) is 4.26. The Labute approximate surface area is 141 Å². The monoisotopic (exact) mass is 326 g/mol. The van der Waals surface area contributed by atoms with Crippen molar-refractivity contribution in [3.05, 3.63) is 54.4 Å². The number of amides is 1. The lowest BCUT2D eigenvalue weighted by Crippen LogP contribution is -2.31. The highest BCUT2D eigenvalue weighted by Crippen LogP contribution is 2.15. The lowest BCUT2D eigenvalue weighted by Gasteiger charge is -2.14. The molecule has 7 heteroatoms. The molecule has 0 unspecified atom stereocenters. The number of carbonyl (C=O) groups is 1. The van der Waals surface area contributed by atoms with Gasteiger partial charge < -0.3 is 5.32 Å². The Kier molecular flexibility index (Phi) is 5.32. The summed E-state index contributed by atoms with van der Waals surface area (Å²) in [6.45, 7) is 8.11. The molecule has 2 heterocycles. The third-order valence-corrected chi connectivity index (χ3v) is 4.26. The summed E-state index contributed by atoms with van der Waals surface area (Å²) in [5.74, 6) is 0.499. The molecule has 1 N–H and O–H groups in total. The molecule has 0 bridgehead atoms. The van der Waals surface area contributed by atoms with Crippen LogP contribution in [0.25, 0.3) is 0 Å². The van der Waals surface area contributed by atoms with Crippen molar-refractivity contribution in [2.75, 3.05) is 26.2 Å². The highest BCUT2D eigenvalue weighted by atomic mass is 16.1. The van der Waals surface area contributed by atoms with Gasteiger partial charge in [0.1, 0.15) is 6.33 Å². The van der Waals surface area contributed by atoms with E-state index in [9.17, 15) is 4.79 Å². The van der Waals surface area contributed by atoms with Gasteiger partial charge >= 0.3 is 0 Å². The molecule has 1 aliphatic heterocycles. The molecule has 1 aromatic carbocycles. The summed E-state index contributed by atoms with van der Waals surface area (Å²) in [4.78, 5) is 14.6. The molecule has 2 aromatic rings. The lowest BCUT2D eigenvalue weighted by atomic mass is 10.1. The SMILES string of the molecule is C=CCN1CC[C@@H](CNC(=O)c2ccc(Cn3cnnn3)cc2)C1. The number of tetrazole rings is 1. The molecule has 0 saturated carbocycles. The fourth-order valence-corrected chi connectivity index (χ4v) is 2.97. The Hall–Kier alpha value is -2.54. The van der Waals surface area contributed by atoms with Crippen molar-refractivity contribution in [1.29, 1.82) is 0 Å². The van der Waals surface area contributed by atoms with Crippen LogP contribution < -0.4 is 5.32 Å². The zero-order chi connectivity index (χ0) is 16.8. The highest BCUT2D eigenvalue weighted by molar-refractivity contribution is 5.94. The minimum absolute atomic E-state index is 0.0221. The van der Waals surface area contributed by atoms with E-state index in [1.807, 2.05) is 30.3 Å². The number of aromatic nitrogens is 4. The van der Waals surface area contributed by atoms with E-state index in [2.05, 4.69) is 32.3 Å². The highest BCUT2D eigenvalue weighted by Gasteiger charge is 2.21. The van der Waals surface area contributed by atoms with Crippen molar-refractivity contribution in [1.82, 2.24) is 30.4 Å². The normalized spacial score (nSPS) is 17.8. The number of likely N-dealkylation sites (tertiary alicyclic amines) is 1. The van der Waals surface area contributed by atoms with Gasteiger partial charge in [-0.25, -0.2) is 4.68 Å². The molecule has 1 aliphatic rings. The van der Waals surface area contributed by atoms with E-state index in [1.54, 1.807) is 11.0 Å². The van der Waals surface area contributed by atoms with Gasteiger partial charge in [0.2, 0.25) is 0 Å². The molecule has 1 aromatic heterocycles. The zero-order valence-corrected chi connectivity index (χ0v) is 13.6. The Morgan fingerprint density at radius 1 is 1.38 bits per heavy atom. The first-order valence-electron chi connectivity index (χ1n) is 8.16. The van der Waals surface area contributed by atoms with E-state index >= 15 is 0 Å². The van der Waals surface area contributed by atoms with Gasteiger partial charge in [-0.15, -0.1) is 11.7 Å². The van der Waals surface area contributed by atoms with Crippen LogP contribution in [0.2, 0.25) is 0 Å². The standard InChI is InChI=1S/C17H22N6O/c1-2-8-22-9-7-15(11-22)10-18-17(24)16-5-3-14(4-6-16)12-23-13-19-20-21-23/h2-6,13,15H,1,7-12H2,(H,18,24)/t15-/m0/s1. The molecule has 0 spiro atoms. The summed E-state index contributed by atoms with van der Waals surface area (Å²) in [5, 5.41) is 14.1. The van der Waals surface area contributed by atoms with Gasteiger partial charge in [0.25, 0.3) is 5.91 Å². The number of carbonyl (C=O) groups excluding carboxylic acids is 1. The average Bonchev–Trinajstić information content (AvgIpc) is 3.26. The molecule has 126 valence electrons. The third-order valence-electron chi connectivity index (χ3n) is 4.26. The predicted octanol–water partition coefficient (Wildman–Crippen LogP) is 0.959. The molecular formula is C17H22N6O. The molecule has 1 atom stereocenters. The molecule has 1 saturated heterocycles. The molecule has 1 fully saturated rings. The van der Waals surface area contributed by atoms with Gasteiger partial charge in [0.05, 0.1) is 6.54 Å². The molecule has 1 amide bonds. The van der Waals surface area contributed by atoms with Crippen molar-refractivity contribution in [3.63, 3.8) is 0 Å². The summed E-state index contributed by atoms with van der Waals surface area (Å²) >= 11 is 0. The van der Waals surface area contributed by atoms with E-state index in [0.717, 1.165) is 38.2 Å². The first-order chi connectivity index (χ1) is 11.7. The zero-order valence-electron chi connectivity index (χ0n) is 13.6. The number of benzene rings is 1. The minimum Gasteiger partial charge on any atom is -0.352 e. The maximum absolute atomic E-state index is 12.3. The number of rotatable bonds is 7. The van der Waals surface area contributed by atoms with Crippen molar-refractivity contribution in [2.45, 2.75) is 13.0 Å². The van der Waals surface area contributed by atoms with E-state index in [0.29, 0.717) is 18.0 Å². The fraction of sp³-hybridized carbons (Fsp3) is 0.412. The van der Waals surface area contributed by atoms with Crippen molar-refractivity contribution >= 4 is 5.91 Å². The van der Waals surface area contributed by atoms with Gasteiger partial charge in [0, 0.05) is 25.2 Å². The van der Waals surface area contributed by atoms with Gasteiger partial charge in [0.15, 0.2) is 0 Å². The number of nitrogens with zero attached hydrogens (tertiary/aromatic N) is 5. The summed E-state index contributed by atoms with van der Waals surface area (Å²) in [5.41, 5.74) is 1.73. The summed E-state index contributed by atoms with van der Waals surface area (Å²) < 4.78 is 1.64. The van der Waals surface area contributed by atoms with Crippen LogP contribution in [0, 0.1) is 5.92 Å². The molecule has 0 aliphatic carbocycles. The molecule has 7 nitrogen and oxygen atoms in total. The average molecular weight is 326 g/mol. The van der Waals surface area contributed by atoms with E-state index in [-0.39, 0.29) is 5.91 Å². The second kappa shape index (κ2) is 7.83. The fourth-order valence-electron chi connectivity index (χ4n) is 2.97. The summed E-state index contributed by atoms with van der Waals surface area (Å²) in [6, 6.07) is 7.54. The van der Waals surface area contributed by atoms with Gasteiger partial charge in [-0.2, -0.15) is 0 Å². The maximum atomic E-state index is 12.3.